The summed E-state index contributed by atoms with van der Waals surface area (Å²) in [4.78, 5) is 14.3. The van der Waals surface area contributed by atoms with Gasteiger partial charge < -0.3 is 9.64 Å². The Hall–Kier alpha value is -2.59. The summed E-state index contributed by atoms with van der Waals surface area (Å²) >= 11 is 0. The molecule has 1 amide bonds. The third-order valence-electron chi connectivity index (χ3n) is 7.30. The van der Waals surface area contributed by atoms with E-state index in [0.717, 1.165) is 35.9 Å². The van der Waals surface area contributed by atoms with Crippen LogP contribution < -0.4 is 9.46 Å². The van der Waals surface area contributed by atoms with Gasteiger partial charge in [0.25, 0.3) is 0 Å². The number of hydrogen-bond acceptors (Lipinski definition) is 4. The first-order valence-electron chi connectivity index (χ1n) is 11.6. The molecule has 1 aliphatic carbocycles. The molecule has 35 heavy (non-hydrogen) atoms. The Kier molecular flexibility index (Phi) is 7.15. The molecule has 10 heteroatoms. The van der Waals surface area contributed by atoms with Gasteiger partial charge in [0.2, 0.25) is 15.9 Å². The highest BCUT2D eigenvalue weighted by atomic mass is 32.2. The van der Waals surface area contributed by atoms with E-state index in [4.69, 9.17) is 4.74 Å². The number of halogens is 3. The number of amides is 1. The Labute approximate surface area is 203 Å². The van der Waals surface area contributed by atoms with Gasteiger partial charge >= 0.3 is 6.18 Å². The quantitative estimate of drug-likeness (QED) is 0.580. The molecule has 1 heterocycles. The standard InChI is InChI=1S/C25H29F3N2O4S/c1-16-12-23-21(14-24(31)30(23)11-10-17-6-8-19(34-2)9-7-17)22(16)15-29-35(32,33)20-5-3-4-18(13-20)25(26,27)28/h3-9,13,16,21-23,29H,10-12,14-15H2,1-2H3/t16-,21-,22+,23+/m0/s1. The lowest BCUT2D eigenvalue weighted by atomic mass is 9.89. The van der Waals surface area contributed by atoms with Gasteiger partial charge in [0.15, 0.2) is 0 Å². The normalized spacial score (nSPS) is 24.6. The van der Waals surface area contributed by atoms with Crippen molar-refractivity contribution < 1.29 is 31.1 Å². The molecule has 4 atom stereocenters. The van der Waals surface area contributed by atoms with Gasteiger partial charge in [-0.05, 0) is 66.5 Å². The number of methoxy groups -OCH3 is 1. The Morgan fingerprint density at radius 3 is 2.51 bits per heavy atom. The number of hydrogen-bond donors (Lipinski definition) is 1. The number of carbonyl (C=O) groups excluding carboxylic acids is 1. The second-order valence-corrected chi connectivity index (χ2v) is 11.1. The van der Waals surface area contributed by atoms with Crippen LogP contribution in [0, 0.1) is 17.8 Å². The van der Waals surface area contributed by atoms with Crippen LogP contribution >= 0.6 is 0 Å². The van der Waals surface area contributed by atoms with E-state index in [1.807, 2.05) is 36.1 Å². The van der Waals surface area contributed by atoms with E-state index in [-0.39, 0.29) is 36.2 Å². The number of ether oxygens (including phenoxy) is 1. The molecule has 4 rings (SSSR count). The molecular formula is C25H29F3N2O4S. The van der Waals surface area contributed by atoms with E-state index < -0.39 is 26.7 Å². The van der Waals surface area contributed by atoms with Gasteiger partial charge in [-0.25, -0.2) is 13.1 Å². The molecule has 1 saturated carbocycles. The van der Waals surface area contributed by atoms with E-state index in [0.29, 0.717) is 25.5 Å². The van der Waals surface area contributed by atoms with Crippen LogP contribution in [0.25, 0.3) is 0 Å². The highest BCUT2D eigenvalue weighted by Gasteiger charge is 2.50. The molecule has 1 N–H and O–H groups in total. The maximum Gasteiger partial charge on any atom is 0.416 e. The molecule has 0 spiro atoms. The van der Waals surface area contributed by atoms with Crippen molar-refractivity contribution in [1.82, 2.24) is 9.62 Å². The molecule has 6 nitrogen and oxygen atoms in total. The first-order chi connectivity index (χ1) is 16.5. The summed E-state index contributed by atoms with van der Waals surface area (Å²) in [6.45, 7) is 2.70. The first kappa shape index (κ1) is 25.5. The number of sulfonamides is 1. The largest absolute Gasteiger partial charge is 0.497 e. The summed E-state index contributed by atoms with van der Waals surface area (Å²) in [7, 11) is -2.51. The summed E-state index contributed by atoms with van der Waals surface area (Å²) in [6.07, 6.45) is -2.79. The lowest BCUT2D eigenvalue weighted by molar-refractivity contribution is -0.137. The maximum atomic E-state index is 13.0. The molecular weight excluding hydrogens is 481 g/mol. The molecule has 2 aromatic carbocycles. The van der Waals surface area contributed by atoms with Crippen molar-refractivity contribution in [2.24, 2.45) is 17.8 Å². The lowest BCUT2D eigenvalue weighted by Gasteiger charge is -2.24. The number of likely N-dealkylation sites (tertiary alicyclic amines) is 1. The van der Waals surface area contributed by atoms with E-state index >= 15 is 0 Å². The summed E-state index contributed by atoms with van der Waals surface area (Å²) in [6, 6.07) is 11.5. The number of nitrogens with zero attached hydrogens (tertiary/aromatic N) is 1. The number of nitrogens with one attached hydrogen (secondary N) is 1. The Balaban J connectivity index is 1.40. The number of carbonyl (C=O) groups is 1. The van der Waals surface area contributed by atoms with Crippen LogP contribution in [0.3, 0.4) is 0 Å². The molecule has 0 bridgehead atoms. The fourth-order valence-corrected chi connectivity index (χ4v) is 6.52. The minimum absolute atomic E-state index is 0.0116. The fraction of sp³-hybridized carbons (Fsp3) is 0.480. The third kappa shape index (κ3) is 5.48. The number of alkyl halides is 3. The average molecular weight is 511 g/mol. The zero-order chi connectivity index (χ0) is 25.4. The van der Waals surface area contributed by atoms with Crippen LogP contribution in [0.1, 0.15) is 30.9 Å². The summed E-state index contributed by atoms with van der Waals surface area (Å²) in [5.41, 5.74) is 0.0852. The van der Waals surface area contributed by atoms with Gasteiger partial charge in [-0.15, -0.1) is 0 Å². The van der Waals surface area contributed by atoms with E-state index in [1.165, 1.54) is 0 Å². The molecule has 1 saturated heterocycles. The first-order valence-corrected chi connectivity index (χ1v) is 13.1. The van der Waals surface area contributed by atoms with Crippen molar-refractivity contribution in [1.29, 1.82) is 0 Å². The second-order valence-electron chi connectivity index (χ2n) is 9.37. The van der Waals surface area contributed by atoms with Crippen LogP contribution in [0.5, 0.6) is 5.75 Å². The molecule has 2 aliphatic rings. The van der Waals surface area contributed by atoms with Crippen molar-refractivity contribution in [3.8, 4) is 5.75 Å². The Morgan fingerprint density at radius 1 is 1.14 bits per heavy atom. The predicted molar refractivity (Wildman–Crippen MR) is 124 cm³/mol. The van der Waals surface area contributed by atoms with Crippen LogP contribution in [0.15, 0.2) is 53.4 Å². The number of fused-ring (bicyclic) bond motifs is 1. The summed E-state index contributed by atoms with van der Waals surface area (Å²) in [5.74, 6) is 0.941. The summed E-state index contributed by atoms with van der Waals surface area (Å²) < 4.78 is 72.2. The van der Waals surface area contributed by atoms with Gasteiger partial charge in [0.05, 0.1) is 17.6 Å². The minimum atomic E-state index is -4.63. The molecule has 0 radical (unpaired) electrons. The molecule has 0 aromatic heterocycles. The maximum absolute atomic E-state index is 13.0. The molecule has 2 fully saturated rings. The van der Waals surface area contributed by atoms with Gasteiger partial charge in [-0.1, -0.05) is 25.1 Å². The smallest absolute Gasteiger partial charge is 0.416 e. The van der Waals surface area contributed by atoms with E-state index in [1.54, 1.807) is 7.11 Å². The van der Waals surface area contributed by atoms with Crippen molar-refractivity contribution in [2.45, 2.75) is 43.3 Å². The number of benzene rings is 2. The molecule has 190 valence electrons. The third-order valence-corrected chi connectivity index (χ3v) is 8.72. The summed E-state index contributed by atoms with van der Waals surface area (Å²) in [5, 5.41) is 0. The van der Waals surface area contributed by atoms with Gasteiger partial charge in [-0.2, -0.15) is 13.2 Å². The van der Waals surface area contributed by atoms with Crippen LogP contribution in [0.2, 0.25) is 0 Å². The zero-order valence-electron chi connectivity index (χ0n) is 19.6. The van der Waals surface area contributed by atoms with Gasteiger partial charge in [0, 0.05) is 25.6 Å². The van der Waals surface area contributed by atoms with Crippen LogP contribution in [0.4, 0.5) is 13.2 Å². The zero-order valence-corrected chi connectivity index (χ0v) is 20.4. The van der Waals surface area contributed by atoms with Crippen LogP contribution in [-0.2, 0) is 27.4 Å². The van der Waals surface area contributed by atoms with E-state index in [9.17, 15) is 26.4 Å². The van der Waals surface area contributed by atoms with Crippen molar-refractivity contribution >= 4 is 15.9 Å². The van der Waals surface area contributed by atoms with E-state index in [2.05, 4.69) is 4.72 Å². The molecule has 1 aliphatic heterocycles. The fourth-order valence-electron chi connectivity index (χ4n) is 5.40. The van der Waals surface area contributed by atoms with Gasteiger partial charge in [-0.3, -0.25) is 4.79 Å². The monoisotopic (exact) mass is 510 g/mol. The van der Waals surface area contributed by atoms with Crippen molar-refractivity contribution in [3.05, 3.63) is 59.7 Å². The Bertz CT molecular complexity index is 1170. The van der Waals surface area contributed by atoms with Crippen molar-refractivity contribution in [3.63, 3.8) is 0 Å². The highest BCUT2D eigenvalue weighted by molar-refractivity contribution is 7.89. The van der Waals surface area contributed by atoms with Crippen LogP contribution in [-0.4, -0.2) is 45.5 Å². The predicted octanol–water partition coefficient (Wildman–Crippen LogP) is 4.11. The van der Waals surface area contributed by atoms with Crippen molar-refractivity contribution in [2.75, 3.05) is 20.2 Å². The minimum Gasteiger partial charge on any atom is -0.497 e. The lowest BCUT2D eigenvalue weighted by Crippen LogP contribution is -2.36. The number of rotatable bonds is 8. The average Bonchev–Trinajstić information content (AvgIpc) is 3.28. The second kappa shape index (κ2) is 9.81. The van der Waals surface area contributed by atoms with Gasteiger partial charge in [0.1, 0.15) is 5.75 Å². The topological polar surface area (TPSA) is 75.7 Å². The highest BCUT2D eigenvalue weighted by Crippen LogP contribution is 2.46. The molecule has 0 unspecified atom stereocenters. The molecule has 2 aromatic rings. The Morgan fingerprint density at radius 2 is 1.86 bits per heavy atom. The SMILES string of the molecule is COc1ccc(CCN2C(=O)C[C@H]3[C@H](CNS(=O)(=O)c4cccc(C(F)(F)F)c4)[C@@H](C)C[C@H]32)cc1.